The summed E-state index contributed by atoms with van der Waals surface area (Å²) in [5, 5.41) is 24.4. The summed E-state index contributed by atoms with van der Waals surface area (Å²) in [6.45, 7) is 0. The first-order valence-corrected chi connectivity index (χ1v) is 49.6. The molecular formula is C129H79N9S3. The van der Waals surface area contributed by atoms with E-state index in [2.05, 4.69) is 443 Å². The van der Waals surface area contributed by atoms with Crippen molar-refractivity contribution < 1.29 is 0 Å². The van der Waals surface area contributed by atoms with E-state index in [1.165, 1.54) is 100 Å². The van der Waals surface area contributed by atoms with Crippen molar-refractivity contribution in [2.75, 3.05) is 0 Å². The molecule has 0 saturated heterocycles. The van der Waals surface area contributed by atoms with E-state index in [4.69, 9.17) is 44.9 Å². The number of benzene rings is 22. The Hall–Kier alpha value is -17.9. The van der Waals surface area contributed by atoms with Crippen molar-refractivity contribution in [3.8, 4) is 145 Å². The third kappa shape index (κ3) is 16.3. The van der Waals surface area contributed by atoms with Crippen molar-refractivity contribution in [1.29, 1.82) is 0 Å². The predicted molar refractivity (Wildman–Crippen MR) is 594 cm³/mol. The molecule has 0 saturated carbocycles. The van der Waals surface area contributed by atoms with E-state index >= 15 is 0 Å². The molecule has 0 aliphatic rings. The zero-order chi connectivity index (χ0) is 93.2. The van der Waals surface area contributed by atoms with Crippen molar-refractivity contribution in [3.05, 3.63) is 479 Å². The third-order valence-corrected chi connectivity index (χ3v) is 29.8. The molecule has 0 aliphatic carbocycles. The van der Waals surface area contributed by atoms with Crippen molar-refractivity contribution in [2.45, 2.75) is 0 Å². The fourth-order valence-electron chi connectivity index (χ4n) is 19.5. The number of hydrogen-bond acceptors (Lipinski definition) is 12. The van der Waals surface area contributed by atoms with Crippen LogP contribution in [0.5, 0.6) is 0 Å². The van der Waals surface area contributed by atoms with Gasteiger partial charge in [-0.3, -0.25) is 0 Å². The van der Waals surface area contributed by atoms with Crippen LogP contribution in [0.15, 0.2) is 479 Å². The Morgan fingerprint density at radius 2 is 0.355 bits per heavy atom. The largest absolute Gasteiger partial charge is 0.235 e. The highest BCUT2D eigenvalue weighted by Crippen LogP contribution is 2.45. The maximum absolute atomic E-state index is 5.20. The zero-order valence-corrected chi connectivity index (χ0v) is 78.3. The number of aromatic nitrogens is 9. The zero-order valence-electron chi connectivity index (χ0n) is 75.9. The molecule has 141 heavy (non-hydrogen) atoms. The molecule has 12 heteroatoms. The minimum Gasteiger partial charge on any atom is -0.235 e. The molecule has 0 aliphatic heterocycles. The molecule has 0 bridgehead atoms. The summed E-state index contributed by atoms with van der Waals surface area (Å²) in [4.78, 5) is 46.4. The second-order valence-corrected chi connectivity index (χ2v) is 38.5. The molecule has 0 N–H and O–H groups in total. The molecule has 28 rings (SSSR count). The standard InChI is InChI=1S/C45H27N3S.C43H27N3S.C41H25N3S/c1-2-10-31(11-3-1)45-48-43-41(49-45)23-21-30-16-17-34-26-37(20-22-38(34)42(30)43)44-46-39(35-18-14-28-8-4-6-12-32(28)24-35)27-40(47-44)36-19-15-29-9-5-7-13-33(29)25-36;1-4-11-28(12-5-1)32-17-10-18-34(25-32)38-27-37(29-13-6-2-7-14-29)44-42(45-38)35-21-23-36-33(26-35)20-19-30-22-24-39-41(40(30)36)46-43(47-39)31-15-8-3-9-16-31;1-3-10-27(11-4-1)35-25-36(32-18-15-26-9-7-8-14-30(26)23-32)43-40(42-35)33-19-21-34-31(24-33)17-16-28-20-22-37-39(38(28)34)44-41(45-37)29-12-5-2-6-13-29/h1-27H;1-27H;1-25H. The molecule has 0 spiro atoms. The van der Waals surface area contributed by atoms with Crippen LogP contribution in [0.1, 0.15) is 0 Å². The van der Waals surface area contributed by atoms with E-state index in [0.29, 0.717) is 17.5 Å². The van der Waals surface area contributed by atoms with Crippen LogP contribution in [-0.2, 0) is 0 Å². The summed E-state index contributed by atoms with van der Waals surface area (Å²) < 4.78 is 3.57. The van der Waals surface area contributed by atoms with Crippen molar-refractivity contribution in [3.63, 3.8) is 0 Å². The van der Waals surface area contributed by atoms with Gasteiger partial charge in [0.2, 0.25) is 0 Å². The lowest BCUT2D eigenvalue weighted by atomic mass is 9.98. The van der Waals surface area contributed by atoms with Gasteiger partial charge in [0.1, 0.15) is 15.0 Å². The first kappa shape index (κ1) is 83.7. The maximum atomic E-state index is 5.20. The Morgan fingerprint density at radius 3 is 0.674 bits per heavy atom. The smallest absolute Gasteiger partial charge is 0.160 e. The van der Waals surface area contributed by atoms with Gasteiger partial charge in [-0.15, -0.1) is 34.0 Å². The second kappa shape index (κ2) is 36.0. The second-order valence-electron chi connectivity index (χ2n) is 35.4. The molecule has 9 nitrogen and oxygen atoms in total. The van der Waals surface area contributed by atoms with Gasteiger partial charge < -0.3 is 0 Å². The first-order chi connectivity index (χ1) is 69.8. The summed E-state index contributed by atoms with van der Waals surface area (Å²) >= 11 is 5.23. The third-order valence-electron chi connectivity index (χ3n) is 26.6. The summed E-state index contributed by atoms with van der Waals surface area (Å²) in [5.74, 6) is 2.11. The number of nitrogens with zero attached hydrogens (tertiary/aromatic N) is 9. The van der Waals surface area contributed by atoms with Crippen molar-refractivity contribution >= 4 is 162 Å². The molecule has 0 unspecified atom stereocenters. The highest BCUT2D eigenvalue weighted by Gasteiger charge is 2.22. The van der Waals surface area contributed by atoms with E-state index < -0.39 is 0 Å². The minimum atomic E-state index is 0.701. The Kier molecular flexibility index (Phi) is 21.3. The van der Waals surface area contributed by atoms with Gasteiger partial charge in [0, 0.05) is 82.9 Å². The fourth-order valence-corrected chi connectivity index (χ4v) is 22.5. The van der Waals surface area contributed by atoms with Crippen LogP contribution in [0.3, 0.4) is 0 Å². The van der Waals surface area contributed by atoms with E-state index in [-0.39, 0.29) is 0 Å². The van der Waals surface area contributed by atoms with Crippen molar-refractivity contribution in [1.82, 2.24) is 44.9 Å². The van der Waals surface area contributed by atoms with Crippen LogP contribution < -0.4 is 0 Å². The fraction of sp³-hybridized carbons (Fsp3) is 0. The van der Waals surface area contributed by atoms with Crippen LogP contribution in [0, 0.1) is 0 Å². The summed E-state index contributed by atoms with van der Waals surface area (Å²) in [6.07, 6.45) is 0. The summed E-state index contributed by atoms with van der Waals surface area (Å²) in [5.41, 5.74) is 23.6. The lowest BCUT2D eigenvalue weighted by Gasteiger charge is -2.12. The average molecular weight is 1850 g/mol. The van der Waals surface area contributed by atoms with E-state index in [0.717, 1.165) is 154 Å². The quantitative estimate of drug-likeness (QED) is 0.104. The Morgan fingerprint density at radius 1 is 0.128 bits per heavy atom. The van der Waals surface area contributed by atoms with Crippen LogP contribution in [0.25, 0.3) is 272 Å². The Bertz CT molecular complexity index is 9660. The van der Waals surface area contributed by atoms with E-state index in [9.17, 15) is 0 Å². The van der Waals surface area contributed by atoms with Crippen LogP contribution in [-0.4, -0.2) is 44.9 Å². The number of fused-ring (bicyclic) bond motifs is 18. The maximum Gasteiger partial charge on any atom is 0.160 e. The van der Waals surface area contributed by atoms with Crippen molar-refractivity contribution in [2.24, 2.45) is 0 Å². The molecule has 28 aromatic rings. The topological polar surface area (TPSA) is 116 Å². The number of hydrogen-bond donors (Lipinski definition) is 0. The summed E-state index contributed by atoms with van der Waals surface area (Å²) in [7, 11) is 0. The van der Waals surface area contributed by atoms with Gasteiger partial charge in [0.25, 0.3) is 0 Å². The van der Waals surface area contributed by atoms with Crippen LogP contribution in [0.2, 0.25) is 0 Å². The van der Waals surface area contributed by atoms with Crippen LogP contribution >= 0.6 is 34.0 Å². The molecule has 0 fully saturated rings. The van der Waals surface area contributed by atoms with Gasteiger partial charge >= 0.3 is 0 Å². The molecule has 0 amide bonds. The minimum absolute atomic E-state index is 0.701. The molecule has 6 heterocycles. The van der Waals surface area contributed by atoms with E-state index in [1.807, 2.05) is 36.4 Å². The monoisotopic (exact) mass is 1850 g/mol. The first-order valence-electron chi connectivity index (χ1n) is 47.1. The van der Waals surface area contributed by atoms with Gasteiger partial charge in [0.05, 0.1) is 64.8 Å². The average Bonchev–Trinajstić information content (AvgIpc) is 1.69. The van der Waals surface area contributed by atoms with Gasteiger partial charge in [-0.1, -0.05) is 400 Å². The number of rotatable bonds is 13. The molecule has 22 aromatic carbocycles. The highest BCUT2D eigenvalue weighted by molar-refractivity contribution is 7.22. The highest BCUT2D eigenvalue weighted by atomic mass is 32.1. The summed E-state index contributed by atoms with van der Waals surface area (Å²) in [6, 6.07) is 169. The molecular weight excluding hydrogens is 1770 g/mol. The normalized spacial score (nSPS) is 11.5. The number of thiazole rings is 3. The molecule has 0 atom stereocenters. The molecule has 6 aromatic heterocycles. The lowest BCUT2D eigenvalue weighted by Crippen LogP contribution is -1.96. The van der Waals surface area contributed by atoms with Crippen LogP contribution in [0.4, 0.5) is 0 Å². The SMILES string of the molecule is c1ccc(-c2cc(-c3ccc4ccccc4c3)nc(-c3ccc4c(ccc5ccc6sc(-c7ccccc7)nc6c54)c3)n2)cc1.c1ccc(-c2cccc(-c3cc(-c4ccccc4)nc(-c4ccc5c(ccc6ccc7sc(-c8ccccc8)nc7c65)c4)n3)c2)cc1.c1ccc(-c2nc3c(ccc4ccc5cc(-c6nc(-c7ccc8ccccc8c7)cc(-c7ccc8ccccc8c7)n6)ccc5c43)s2)cc1. The van der Waals surface area contributed by atoms with Gasteiger partial charge in [-0.2, -0.15) is 0 Å². The van der Waals surface area contributed by atoms with Gasteiger partial charge in [-0.25, -0.2) is 44.9 Å². The van der Waals surface area contributed by atoms with Gasteiger partial charge in [0.15, 0.2) is 17.5 Å². The molecule has 0 radical (unpaired) electrons. The molecule has 658 valence electrons. The lowest BCUT2D eigenvalue weighted by molar-refractivity contribution is 1.18. The Labute approximate surface area is 823 Å². The van der Waals surface area contributed by atoms with Gasteiger partial charge in [-0.05, 0) is 171 Å². The predicted octanol–water partition coefficient (Wildman–Crippen LogP) is 35.3. The Balaban J connectivity index is 0.000000109. The van der Waals surface area contributed by atoms with E-state index in [1.54, 1.807) is 34.0 Å².